The van der Waals surface area contributed by atoms with Crippen molar-refractivity contribution in [2.24, 2.45) is 5.92 Å². The van der Waals surface area contributed by atoms with Gasteiger partial charge < -0.3 is 15.0 Å². The topological polar surface area (TPSA) is 73.4 Å². The van der Waals surface area contributed by atoms with Gasteiger partial charge in [-0.25, -0.2) is 0 Å². The second kappa shape index (κ2) is 7.07. The number of nitrogens with zero attached hydrogens (tertiary/aromatic N) is 1. The van der Waals surface area contributed by atoms with E-state index in [1.165, 1.54) is 5.56 Å². The second-order valence-corrected chi connectivity index (χ2v) is 6.61. The lowest BCUT2D eigenvalue weighted by molar-refractivity contribution is -0.138. The monoisotopic (exact) mass is 328 g/mol. The van der Waals surface area contributed by atoms with Crippen molar-refractivity contribution in [3.63, 3.8) is 0 Å². The lowest BCUT2D eigenvalue weighted by Gasteiger charge is -2.31. The number of hydrogen-bond acceptors (Lipinski definition) is 2. The highest BCUT2D eigenvalue weighted by atomic mass is 16.4. The highest BCUT2D eigenvalue weighted by molar-refractivity contribution is 5.90. The molecule has 128 valence electrons. The number of aromatic nitrogens is 1. The van der Waals surface area contributed by atoms with Gasteiger partial charge in [-0.05, 0) is 36.3 Å². The summed E-state index contributed by atoms with van der Waals surface area (Å²) in [4.78, 5) is 28.6. The molecule has 3 rings (SSSR count). The van der Waals surface area contributed by atoms with Crippen LogP contribution in [0.2, 0.25) is 0 Å². The average molecular weight is 328 g/mol. The minimum absolute atomic E-state index is 0.131. The first kappa shape index (κ1) is 16.6. The van der Waals surface area contributed by atoms with E-state index in [9.17, 15) is 9.59 Å². The predicted molar refractivity (Wildman–Crippen MR) is 92.9 cm³/mol. The van der Waals surface area contributed by atoms with Crippen LogP contribution in [-0.2, 0) is 22.4 Å². The van der Waals surface area contributed by atoms with Gasteiger partial charge in [-0.3, -0.25) is 9.59 Å². The fourth-order valence-corrected chi connectivity index (χ4v) is 3.62. The summed E-state index contributed by atoms with van der Waals surface area (Å²) in [7, 11) is 0. The van der Waals surface area contributed by atoms with Crippen molar-refractivity contribution in [3.05, 3.63) is 35.5 Å². The molecule has 0 spiro atoms. The number of para-hydroxylation sites is 1. The van der Waals surface area contributed by atoms with E-state index in [0.29, 0.717) is 19.5 Å². The number of rotatable bonds is 5. The number of benzene rings is 1. The molecular weight excluding hydrogens is 304 g/mol. The van der Waals surface area contributed by atoms with Crippen LogP contribution in [0.4, 0.5) is 0 Å². The van der Waals surface area contributed by atoms with Gasteiger partial charge in [-0.1, -0.05) is 25.1 Å². The van der Waals surface area contributed by atoms with E-state index in [1.54, 1.807) is 0 Å². The molecule has 0 aliphatic carbocycles. The number of aliphatic carboxylic acids is 1. The number of carbonyl (C=O) groups is 2. The number of likely N-dealkylation sites (tertiary alicyclic amines) is 1. The first-order chi connectivity index (χ1) is 11.6. The van der Waals surface area contributed by atoms with Crippen molar-refractivity contribution in [2.75, 3.05) is 13.1 Å². The van der Waals surface area contributed by atoms with E-state index < -0.39 is 5.97 Å². The van der Waals surface area contributed by atoms with E-state index in [2.05, 4.69) is 24.0 Å². The lowest BCUT2D eigenvalue weighted by Crippen LogP contribution is -2.39. The maximum atomic E-state index is 12.6. The fraction of sp³-hybridized carbons (Fsp3) is 0.474. The molecule has 2 aromatic rings. The zero-order chi connectivity index (χ0) is 17.1. The van der Waals surface area contributed by atoms with Crippen molar-refractivity contribution >= 4 is 22.8 Å². The maximum absolute atomic E-state index is 12.6. The summed E-state index contributed by atoms with van der Waals surface area (Å²) in [6.07, 6.45) is 5.08. The Hall–Kier alpha value is -2.30. The maximum Gasteiger partial charge on any atom is 0.303 e. The number of hydrogen-bond donors (Lipinski definition) is 2. The van der Waals surface area contributed by atoms with Gasteiger partial charge in [0, 0.05) is 36.6 Å². The van der Waals surface area contributed by atoms with Crippen LogP contribution in [0.25, 0.3) is 10.9 Å². The molecule has 1 saturated heterocycles. The molecule has 1 aromatic heterocycles. The fourth-order valence-electron chi connectivity index (χ4n) is 3.62. The largest absolute Gasteiger partial charge is 0.481 e. The third-order valence-electron chi connectivity index (χ3n) is 5.04. The van der Waals surface area contributed by atoms with Gasteiger partial charge in [0.2, 0.25) is 5.91 Å². The van der Waals surface area contributed by atoms with Crippen molar-refractivity contribution in [2.45, 2.75) is 39.0 Å². The van der Waals surface area contributed by atoms with Crippen LogP contribution < -0.4 is 0 Å². The quantitative estimate of drug-likeness (QED) is 0.886. The highest BCUT2D eigenvalue weighted by Gasteiger charge is 2.24. The number of nitrogens with one attached hydrogen (secondary N) is 1. The number of amides is 1. The van der Waals surface area contributed by atoms with Crippen LogP contribution in [-0.4, -0.2) is 40.0 Å². The number of carbonyl (C=O) groups excluding carboxylic acids is 1. The van der Waals surface area contributed by atoms with Crippen molar-refractivity contribution in [1.29, 1.82) is 0 Å². The van der Waals surface area contributed by atoms with E-state index in [4.69, 9.17) is 5.11 Å². The lowest BCUT2D eigenvalue weighted by atomic mass is 9.93. The Morgan fingerprint density at radius 3 is 2.67 bits per heavy atom. The molecule has 0 bridgehead atoms. The molecule has 2 N–H and O–H groups in total. The minimum Gasteiger partial charge on any atom is -0.481 e. The van der Waals surface area contributed by atoms with E-state index in [1.807, 2.05) is 17.2 Å². The number of H-pyrrole nitrogens is 1. The Labute approximate surface area is 141 Å². The SMILES string of the molecule is CCc1cccc2c(CC(=O)N3CCC(CC(=O)O)CC3)c[nH]c12. The summed E-state index contributed by atoms with van der Waals surface area (Å²) in [5, 5.41) is 10.00. The normalized spacial score (nSPS) is 15.8. The van der Waals surface area contributed by atoms with Gasteiger partial charge in [0.15, 0.2) is 0 Å². The predicted octanol–water partition coefficient (Wildman–Crippen LogP) is 2.99. The molecule has 1 aromatic carbocycles. The molecule has 0 radical (unpaired) electrons. The summed E-state index contributed by atoms with van der Waals surface area (Å²) in [5.41, 5.74) is 3.43. The van der Waals surface area contributed by atoms with Crippen molar-refractivity contribution < 1.29 is 14.7 Å². The van der Waals surface area contributed by atoms with Crippen molar-refractivity contribution in [3.8, 4) is 0 Å². The highest BCUT2D eigenvalue weighted by Crippen LogP contribution is 2.25. The minimum atomic E-state index is -0.745. The zero-order valence-corrected chi connectivity index (χ0v) is 14.0. The van der Waals surface area contributed by atoms with Crippen LogP contribution in [0.1, 0.15) is 37.3 Å². The molecule has 0 unspecified atom stereocenters. The molecule has 0 saturated carbocycles. The molecule has 1 amide bonds. The van der Waals surface area contributed by atoms with Gasteiger partial charge in [-0.2, -0.15) is 0 Å². The Balaban J connectivity index is 1.65. The standard InChI is InChI=1S/C19H24N2O3/c1-2-14-4-3-5-16-15(12-20-19(14)16)11-17(22)21-8-6-13(7-9-21)10-18(23)24/h3-5,12-13,20H,2,6-11H2,1H3,(H,23,24). The van der Waals surface area contributed by atoms with Gasteiger partial charge in [0.25, 0.3) is 0 Å². The Bertz CT molecular complexity index is 742. The molecule has 1 fully saturated rings. The molecule has 0 atom stereocenters. The van der Waals surface area contributed by atoms with Crippen LogP contribution in [0.3, 0.4) is 0 Å². The molecule has 5 nitrogen and oxygen atoms in total. The van der Waals surface area contributed by atoms with Gasteiger partial charge in [0.1, 0.15) is 0 Å². The summed E-state index contributed by atoms with van der Waals surface area (Å²) in [6, 6.07) is 6.21. The number of carboxylic acid groups (broad SMARTS) is 1. The van der Waals surface area contributed by atoms with Gasteiger partial charge in [0.05, 0.1) is 6.42 Å². The van der Waals surface area contributed by atoms with Crippen molar-refractivity contribution in [1.82, 2.24) is 9.88 Å². The molecular formula is C19H24N2O3. The molecule has 1 aliphatic heterocycles. The van der Waals surface area contributed by atoms with Crippen LogP contribution in [0, 0.1) is 5.92 Å². The number of carboxylic acids is 1. The van der Waals surface area contributed by atoms with Gasteiger partial charge >= 0.3 is 5.97 Å². The molecule has 24 heavy (non-hydrogen) atoms. The first-order valence-electron chi connectivity index (χ1n) is 8.66. The Morgan fingerprint density at radius 1 is 1.25 bits per heavy atom. The van der Waals surface area contributed by atoms with E-state index >= 15 is 0 Å². The van der Waals surface area contributed by atoms with Crippen LogP contribution >= 0.6 is 0 Å². The Morgan fingerprint density at radius 2 is 2.00 bits per heavy atom. The zero-order valence-electron chi connectivity index (χ0n) is 14.0. The summed E-state index contributed by atoms with van der Waals surface area (Å²) >= 11 is 0. The van der Waals surface area contributed by atoms with Crippen LogP contribution in [0.5, 0.6) is 0 Å². The molecule has 1 aliphatic rings. The number of fused-ring (bicyclic) bond motifs is 1. The molecule has 2 heterocycles. The molecule has 5 heteroatoms. The number of aryl methyl sites for hydroxylation is 1. The number of piperidine rings is 1. The summed E-state index contributed by atoms with van der Waals surface area (Å²) < 4.78 is 0. The number of aromatic amines is 1. The Kier molecular flexibility index (Phi) is 4.88. The smallest absolute Gasteiger partial charge is 0.303 e. The third kappa shape index (κ3) is 3.45. The average Bonchev–Trinajstić information content (AvgIpc) is 2.98. The first-order valence-corrected chi connectivity index (χ1v) is 8.66. The second-order valence-electron chi connectivity index (χ2n) is 6.61. The third-order valence-corrected chi connectivity index (χ3v) is 5.04. The summed E-state index contributed by atoms with van der Waals surface area (Å²) in [6.45, 7) is 3.46. The van der Waals surface area contributed by atoms with Gasteiger partial charge in [-0.15, -0.1) is 0 Å². The van der Waals surface area contributed by atoms with E-state index in [-0.39, 0.29) is 18.2 Å². The summed E-state index contributed by atoms with van der Waals surface area (Å²) in [5.74, 6) is -0.413. The van der Waals surface area contributed by atoms with Crippen LogP contribution in [0.15, 0.2) is 24.4 Å². The van der Waals surface area contributed by atoms with E-state index in [0.717, 1.165) is 35.7 Å².